The SMILES string of the molecule is C#CCOCC(COCC#C)(COCC#C)NC(=O)CCOCCOCCOCCOCCOCCOCCNC(=O)CCCNC(=O)c1ccc(NCC=NCC(N)=O)cc1. The first-order valence-corrected chi connectivity index (χ1v) is 20.2. The first-order chi connectivity index (χ1) is 30.2. The van der Waals surface area contributed by atoms with Crippen LogP contribution in [0.4, 0.5) is 5.69 Å². The first-order valence-electron chi connectivity index (χ1n) is 20.2. The molecule has 0 bridgehead atoms. The number of nitrogens with two attached hydrogens (primary N) is 1. The van der Waals surface area contributed by atoms with Crippen molar-refractivity contribution in [2.24, 2.45) is 10.7 Å². The van der Waals surface area contributed by atoms with Gasteiger partial charge in [0, 0.05) is 49.9 Å². The van der Waals surface area contributed by atoms with Gasteiger partial charge in [-0.15, -0.1) is 19.3 Å². The van der Waals surface area contributed by atoms with Crippen LogP contribution in [0.1, 0.15) is 29.6 Å². The molecule has 19 heteroatoms. The molecule has 4 amide bonds. The molecular weight excluding hydrogens is 809 g/mol. The highest BCUT2D eigenvalue weighted by atomic mass is 16.6. The number of benzene rings is 1. The van der Waals surface area contributed by atoms with E-state index in [2.05, 4.69) is 44.0 Å². The molecule has 0 fully saturated rings. The number of hydrogen-bond donors (Lipinski definition) is 5. The van der Waals surface area contributed by atoms with Gasteiger partial charge in [-0.2, -0.15) is 0 Å². The first kappa shape index (κ1) is 54.9. The van der Waals surface area contributed by atoms with E-state index in [-0.39, 0.29) is 83.4 Å². The Morgan fingerprint density at radius 2 is 1.10 bits per heavy atom. The van der Waals surface area contributed by atoms with Crippen LogP contribution in [0.5, 0.6) is 0 Å². The molecule has 0 radical (unpaired) electrons. The van der Waals surface area contributed by atoms with E-state index in [4.69, 9.17) is 67.6 Å². The van der Waals surface area contributed by atoms with Crippen molar-refractivity contribution in [2.45, 2.75) is 24.8 Å². The summed E-state index contributed by atoms with van der Waals surface area (Å²) in [5.41, 5.74) is 5.28. The number of nitrogens with one attached hydrogen (secondary N) is 4. The lowest BCUT2D eigenvalue weighted by atomic mass is 10.0. The normalized spacial score (nSPS) is 11.0. The lowest BCUT2D eigenvalue weighted by Gasteiger charge is -2.33. The molecule has 6 N–H and O–H groups in total. The second kappa shape index (κ2) is 38.8. The Balaban J connectivity index is 1.94. The molecule has 0 saturated heterocycles. The predicted molar refractivity (Wildman–Crippen MR) is 231 cm³/mol. The van der Waals surface area contributed by atoms with Gasteiger partial charge in [0.2, 0.25) is 17.7 Å². The minimum atomic E-state index is -1.04. The molecule has 0 saturated carbocycles. The topological polar surface area (TPSA) is 238 Å². The van der Waals surface area contributed by atoms with Crippen molar-refractivity contribution in [3.63, 3.8) is 0 Å². The highest BCUT2D eigenvalue weighted by Gasteiger charge is 2.33. The van der Waals surface area contributed by atoms with Gasteiger partial charge in [-0.1, -0.05) is 17.8 Å². The van der Waals surface area contributed by atoms with E-state index >= 15 is 0 Å². The molecule has 0 heterocycles. The lowest BCUT2D eigenvalue weighted by Crippen LogP contribution is -2.58. The van der Waals surface area contributed by atoms with E-state index < -0.39 is 11.4 Å². The number of hydrogen-bond acceptors (Lipinski definition) is 15. The van der Waals surface area contributed by atoms with E-state index in [0.717, 1.165) is 5.69 Å². The number of carbonyl (C=O) groups is 4. The van der Waals surface area contributed by atoms with Crippen LogP contribution in [0.3, 0.4) is 0 Å². The van der Waals surface area contributed by atoms with E-state index in [9.17, 15) is 19.2 Å². The van der Waals surface area contributed by atoms with Gasteiger partial charge in [0.05, 0.1) is 99.1 Å². The fraction of sp³-hybridized carbons (Fsp3) is 0.605. The molecule has 0 spiro atoms. The quantitative estimate of drug-likeness (QED) is 0.0319. The molecule has 1 aromatic rings. The zero-order valence-corrected chi connectivity index (χ0v) is 35.6. The Labute approximate surface area is 365 Å². The summed E-state index contributed by atoms with van der Waals surface area (Å²) >= 11 is 0. The second-order valence-corrected chi connectivity index (χ2v) is 13.0. The average Bonchev–Trinajstić information content (AvgIpc) is 3.26. The summed E-state index contributed by atoms with van der Waals surface area (Å²) in [4.78, 5) is 51.7. The molecule has 0 aliphatic rings. The maximum atomic E-state index is 12.7. The van der Waals surface area contributed by atoms with Crippen molar-refractivity contribution in [1.29, 1.82) is 0 Å². The van der Waals surface area contributed by atoms with Crippen LogP contribution in [0.15, 0.2) is 29.3 Å². The fourth-order valence-electron chi connectivity index (χ4n) is 4.90. The third kappa shape index (κ3) is 31.7. The van der Waals surface area contributed by atoms with E-state index in [1.807, 2.05) is 0 Å². The minimum absolute atomic E-state index is 0.0359. The Bertz CT molecular complexity index is 1480. The highest BCUT2D eigenvalue weighted by Crippen LogP contribution is 2.11. The third-order valence-corrected chi connectivity index (χ3v) is 7.78. The van der Waals surface area contributed by atoms with Crippen molar-refractivity contribution in [3.8, 4) is 37.0 Å². The number of nitrogens with zero attached hydrogens (tertiary/aromatic N) is 1. The van der Waals surface area contributed by atoms with Gasteiger partial charge in [0.1, 0.15) is 31.9 Å². The number of amides is 4. The van der Waals surface area contributed by atoms with Crippen LogP contribution in [0.25, 0.3) is 0 Å². The molecule has 19 nitrogen and oxygen atoms in total. The van der Waals surface area contributed by atoms with Crippen LogP contribution in [-0.4, -0.2) is 180 Å². The molecule has 344 valence electrons. The molecule has 62 heavy (non-hydrogen) atoms. The molecule has 0 aromatic heterocycles. The zero-order valence-electron chi connectivity index (χ0n) is 35.6. The molecular formula is C43H64N6O13. The smallest absolute Gasteiger partial charge is 0.251 e. The molecule has 0 atom stereocenters. The van der Waals surface area contributed by atoms with Gasteiger partial charge < -0.3 is 69.6 Å². The molecule has 1 aromatic carbocycles. The summed E-state index contributed by atoms with van der Waals surface area (Å²) in [6.07, 6.45) is 18.3. The molecule has 0 aliphatic carbocycles. The second-order valence-electron chi connectivity index (χ2n) is 13.0. The van der Waals surface area contributed by atoms with Crippen molar-refractivity contribution >= 4 is 35.5 Å². The summed E-state index contributed by atoms with van der Waals surface area (Å²) in [5.74, 6) is 5.99. The maximum Gasteiger partial charge on any atom is 0.251 e. The Kier molecular flexibility index (Phi) is 34.3. The van der Waals surface area contributed by atoms with Gasteiger partial charge in [-0.3, -0.25) is 24.2 Å². The Morgan fingerprint density at radius 1 is 0.613 bits per heavy atom. The Morgan fingerprint density at radius 3 is 1.58 bits per heavy atom. The maximum absolute atomic E-state index is 12.7. The highest BCUT2D eigenvalue weighted by molar-refractivity contribution is 5.94. The number of rotatable bonds is 41. The summed E-state index contributed by atoms with van der Waals surface area (Å²) in [6, 6.07) is 6.91. The van der Waals surface area contributed by atoms with Gasteiger partial charge in [-0.25, -0.2) is 0 Å². The minimum Gasteiger partial charge on any atom is -0.380 e. The largest absolute Gasteiger partial charge is 0.380 e. The van der Waals surface area contributed by atoms with Crippen molar-refractivity contribution in [2.75, 3.05) is 150 Å². The van der Waals surface area contributed by atoms with Gasteiger partial charge >= 0.3 is 0 Å². The van der Waals surface area contributed by atoms with E-state index in [1.165, 1.54) is 0 Å². The summed E-state index contributed by atoms with van der Waals surface area (Å²) in [6.45, 7) is 5.66. The monoisotopic (exact) mass is 872 g/mol. The van der Waals surface area contributed by atoms with Gasteiger partial charge in [0.25, 0.3) is 5.91 Å². The number of terminal acetylenes is 3. The molecule has 0 aliphatic heterocycles. The van der Waals surface area contributed by atoms with Crippen LogP contribution >= 0.6 is 0 Å². The van der Waals surface area contributed by atoms with Crippen LogP contribution in [-0.2, 0) is 57.0 Å². The van der Waals surface area contributed by atoms with E-state index in [0.29, 0.717) is 104 Å². The lowest BCUT2D eigenvalue weighted by molar-refractivity contribution is -0.128. The van der Waals surface area contributed by atoms with Crippen molar-refractivity contribution in [1.82, 2.24) is 16.0 Å². The number of anilines is 1. The number of primary amides is 1. The summed E-state index contributed by atoms with van der Waals surface area (Å²) < 4.78 is 49.4. The van der Waals surface area contributed by atoms with Gasteiger partial charge in [-0.05, 0) is 30.7 Å². The zero-order chi connectivity index (χ0) is 45.2. The molecule has 1 rings (SSSR count). The number of carbonyl (C=O) groups excluding carboxylic acids is 4. The Hall–Kier alpha value is -5.11. The van der Waals surface area contributed by atoms with E-state index in [1.54, 1.807) is 30.5 Å². The van der Waals surface area contributed by atoms with Crippen molar-refractivity contribution in [3.05, 3.63) is 29.8 Å². The standard InChI is InChI=1S/C43H64N6O13/c1-4-18-60-34-43(35-61-19-5-2,36-62-20-6-3)49-41(52)13-21-54-23-25-56-27-29-58-31-32-59-30-28-57-26-24-55-22-17-47-40(51)8-7-14-48-42(53)37-9-11-38(12-10-37)46-16-15-45-33-39(44)50/h1-3,9-12,15,46H,7-8,13-14,16-36H2,(H2,44,50)(H,47,51)(H,48,53)(H,49,52). The molecule has 0 unspecified atom stereocenters. The van der Waals surface area contributed by atoms with Gasteiger partial charge in [0.15, 0.2) is 0 Å². The van der Waals surface area contributed by atoms with Crippen LogP contribution < -0.4 is 27.0 Å². The third-order valence-electron chi connectivity index (χ3n) is 7.78. The van der Waals surface area contributed by atoms with Crippen molar-refractivity contribution < 1.29 is 61.8 Å². The predicted octanol–water partition coefficient (Wildman–Crippen LogP) is -0.425. The number of aliphatic imine (C=N–C) groups is 1. The van der Waals surface area contributed by atoms with Crippen LogP contribution in [0.2, 0.25) is 0 Å². The fourth-order valence-corrected chi connectivity index (χ4v) is 4.90. The number of ether oxygens (including phenoxy) is 9. The van der Waals surface area contributed by atoms with Crippen LogP contribution in [0, 0.1) is 37.0 Å². The summed E-state index contributed by atoms with van der Waals surface area (Å²) in [5, 5.41) is 11.6. The average molecular weight is 873 g/mol. The summed E-state index contributed by atoms with van der Waals surface area (Å²) in [7, 11) is 0.